The second kappa shape index (κ2) is 14.2. The quantitative estimate of drug-likeness (QED) is 0.140. The highest BCUT2D eigenvalue weighted by atomic mass is 16.5. The van der Waals surface area contributed by atoms with E-state index in [1.54, 1.807) is 17.3 Å². The number of hydrogen-bond donors (Lipinski definition) is 0. The number of carbonyl (C=O) groups excluding carboxylic acids is 3. The highest BCUT2D eigenvalue weighted by Gasteiger charge is 2.14. The third-order valence-electron chi connectivity index (χ3n) is 3.39. The summed E-state index contributed by atoms with van der Waals surface area (Å²) in [5.74, 6) is 3.64. The first kappa shape index (κ1) is 24.1. The molecule has 0 aliphatic rings. The highest BCUT2D eigenvalue weighted by molar-refractivity contribution is 5.88. The van der Waals surface area contributed by atoms with E-state index in [9.17, 15) is 14.4 Å². The van der Waals surface area contributed by atoms with E-state index in [4.69, 9.17) is 0 Å². The predicted octanol–water partition coefficient (Wildman–Crippen LogP) is 1.29. The smallest absolute Gasteiger partial charge is 0.384 e. The minimum Gasteiger partial charge on any atom is -0.466 e. The lowest BCUT2D eigenvalue weighted by Crippen LogP contribution is -2.38. The van der Waals surface area contributed by atoms with E-state index in [-0.39, 0.29) is 6.04 Å². The van der Waals surface area contributed by atoms with Crippen LogP contribution in [0.5, 0.6) is 0 Å². The maximum atomic E-state index is 11.5. The van der Waals surface area contributed by atoms with Crippen LogP contribution >= 0.6 is 0 Å². The number of carbonyl (C=O) groups is 3. The third kappa shape index (κ3) is 10.6. The van der Waals surface area contributed by atoms with Gasteiger partial charge in [-0.2, -0.15) is 0 Å². The van der Waals surface area contributed by atoms with Crippen molar-refractivity contribution in [2.24, 2.45) is 0 Å². The van der Waals surface area contributed by atoms with Gasteiger partial charge < -0.3 is 24.0 Å². The van der Waals surface area contributed by atoms with Gasteiger partial charge in [-0.1, -0.05) is 19.8 Å². The van der Waals surface area contributed by atoms with Gasteiger partial charge in [0.2, 0.25) is 0 Å². The van der Waals surface area contributed by atoms with Crippen LogP contribution in [-0.2, 0) is 28.6 Å². The van der Waals surface area contributed by atoms with Gasteiger partial charge >= 0.3 is 17.9 Å². The Balaban J connectivity index is 5.56. The molecule has 0 saturated heterocycles. The topological polar surface area (TPSA) is 85.4 Å². The van der Waals surface area contributed by atoms with Crippen molar-refractivity contribution in [1.82, 2.24) is 9.80 Å². The van der Waals surface area contributed by atoms with Gasteiger partial charge in [0.25, 0.3) is 0 Å². The summed E-state index contributed by atoms with van der Waals surface area (Å²) < 4.78 is 13.8. The Hall–Kier alpha value is -2.95. The molecule has 0 aromatic carbocycles. The summed E-state index contributed by atoms with van der Waals surface area (Å²) in [6.45, 7) is 4.91. The predicted molar refractivity (Wildman–Crippen MR) is 99.9 cm³/mol. The van der Waals surface area contributed by atoms with Crippen molar-refractivity contribution in [2.45, 2.75) is 32.7 Å². The fourth-order valence-electron chi connectivity index (χ4n) is 2.01. The maximum Gasteiger partial charge on any atom is 0.384 e. The van der Waals surface area contributed by atoms with Crippen molar-refractivity contribution in [3.63, 3.8) is 0 Å². The molecule has 1 unspecified atom stereocenters. The lowest BCUT2D eigenvalue weighted by molar-refractivity contribution is -0.135. The van der Waals surface area contributed by atoms with Crippen LogP contribution in [0.3, 0.4) is 0 Å². The van der Waals surface area contributed by atoms with Gasteiger partial charge in [0.15, 0.2) is 0 Å². The molecule has 0 amide bonds. The molecule has 8 nitrogen and oxygen atoms in total. The number of hydrogen-bond acceptors (Lipinski definition) is 8. The minimum atomic E-state index is -0.638. The summed E-state index contributed by atoms with van der Waals surface area (Å²) in [6.07, 6.45) is 7.20. The van der Waals surface area contributed by atoms with E-state index in [1.807, 2.05) is 18.7 Å². The van der Waals surface area contributed by atoms with E-state index < -0.39 is 17.9 Å². The molecule has 0 rings (SSSR count). The van der Waals surface area contributed by atoms with Crippen molar-refractivity contribution in [2.75, 3.05) is 34.5 Å². The van der Waals surface area contributed by atoms with Crippen LogP contribution in [-0.4, -0.2) is 68.3 Å². The van der Waals surface area contributed by atoms with Crippen molar-refractivity contribution < 1.29 is 28.6 Å². The zero-order valence-corrected chi connectivity index (χ0v) is 16.6. The number of methoxy groups -OCH3 is 3. The molecule has 8 heteroatoms. The molecule has 150 valence electrons. The van der Waals surface area contributed by atoms with Crippen molar-refractivity contribution >= 4 is 17.9 Å². The zero-order valence-electron chi connectivity index (χ0n) is 16.6. The molecule has 0 aliphatic carbocycles. The van der Waals surface area contributed by atoms with Gasteiger partial charge in [-0.3, -0.25) is 0 Å². The van der Waals surface area contributed by atoms with Gasteiger partial charge in [-0.05, 0) is 12.8 Å². The van der Waals surface area contributed by atoms with Crippen LogP contribution in [0.1, 0.15) is 26.7 Å². The molecule has 0 saturated carbocycles. The van der Waals surface area contributed by atoms with Crippen molar-refractivity contribution in [3.8, 4) is 11.8 Å². The lowest BCUT2D eigenvalue weighted by Gasteiger charge is -2.32. The van der Waals surface area contributed by atoms with E-state index in [0.29, 0.717) is 19.6 Å². The summed E-state index contributed by atoms with van der Waals surface area (Å²) in [7, 11) is 3.85. The van der Waals surface area contributed by atoms with E-state index in [0.717, 1.165) is 6.42 Å². The largest absolute Gasteiger partial charge is 0.466 e. The molecule has 0 aliphatic heterocycles. The van der Waals surface area contributed by atoms with Gasteiger partial charge in [-0.15, -0.1) is 0 Å². The molecule has 0 spiro atoms. The summed E-state index contributed by atoms with van der Waals surface area (Å²) in [6, 6.07) is -0.351. The van der Waals surface area contributed by atoms with Gasteiger partial charge in [0, 0.05) is 37.0 Å². The Morgan fingerprint density at radius 3 is 2.04 bits per heavy atom. The second-order valence-electron chi connectivity index (χ2n) is 5.33. The number of rotatable bonds is 10. The van der Waals surface area contributed by atoms with E-state index in [2.05, 4.69) is 26.1 Å². The summed E-state index contributed by atoms with van der Waals surface area (Å²) >= 11 is 0. The van der Waals surface area contributed by atoms with E-state index >= 15 is 0 Å². The average Bonchev–Trinajstić information content (AvgIpc) is 2.69. The van der Waals surface area contributed by atoms with E-state index in [1.165, 1.54) is 33.5 Å². The molecular weight excluding hydrogens is 352 g/mol. The van der Waals surface area contributed by atoms with Crippen molar-refractivity contribution in [3.05, 3.63) is 24.6 Å². The zero-order chi connectivity index (χ0) is 20.7. The van der Waals surface area contributed by atoms with Gasteiger partial charge in [0.1, 0.15) is 0 Å². The molecule has 0 bridgehead atoms. The van der Waals surface area contributed by atoms with Crippen LogP contribution in [0.4, 0.5) is 0 Å². The molecule has 0 aromatic rings. The number of esters is 3. The van der Waals surface area contributed by atoms with Crippen LogP contribution in [0, 0.1) is 11.8 Å². The molecule has 0 radical (unpaired) electrons. The molecular formula is C19H28N2O6. The molecule has 0 fully saturated rings. The Kier molecular flexibility index (Phi) is 12.7. The monoisotopic (exact) mass is 380 g/mol. The number of ether oxygens (including phenoxy) is 3. The average molecular weight is 380 g/mol. The van der Waals surface area contributed by atoms with Crippen LogP contribution < -0.4 is 0 Å². The Morgan fingerprint density at radius 1 is 0.963 bits per heavy atom. The SMILES string of the molecule is CCCN(/C=C/C(=O)OC)CN(/C=C/C(=O)OC)C(C#CC(=O)OC)CC. The molecule has 0 N–H and O–H groups in total. The first-order valence-corrected chi connectivity index (χ1v) is 8.53. The van der Waals surface area contributed by atoms with Gasteiger partial charge in [-0.25, -0.2) is 14.4 Å². The Bertz CT molecular complexity index is 603. The standard InChI is InChI=1S/C19H28N2O6/c1-6-12-20(13-10-18(23)26-4)15-21(14-11-19(24)27-5)16(7-2)8-9-17(22)25-3/h10-11,13-14,16H,6-7,12,15H2,1-5H3/b13-10+,14-11+. The first-order chi connectivity index (χ1) is 12.9. The minimum absolute atomic E-state index is 0.336. The van der Waals surface area contributed by atoms with Crippen LogP contribution in [0.2, 0.25) is 0 Å². The first-order valence-electron chi connectivity index (χ1n) is 8.53. The Labute approximate surface area is 160 Å². The lowest BCUT2D eigenvalue weighted by atomic mass is 10.2. The number of nitrogens with zero attached hydrogens (tertiary/aromatic N) is 2. The summed E-state index contributed by atoms with van der Waals surface area (Å²) in [4.78, 5) is 37.8. The second-order valence-corrected chi connectivity index (χ2v) is 5.33. The molecule has 1 atom stereocenters. The summed E-state index contributed by atoms with van der Waals surface area (Å²) in [5, 5.41) is 0. The maximum absolute atomic E-state index is 11.5. The highest BCUT2D eigenvalue weighted by Crippen LogP contribution is 2.08. The fourth-order valence-corrected chi connectivity index (χ4v) is 2.01. The van der Waals surface area contributed by atoms with Crippen LogP contribution in [0.25, 0.3) is 0 Å². The van der Waals surface area contributed by atoms with Crippen LogP contribution in [0.15, 0.2) is 24.6 Å². The van der Waals surface area contributed by atoms with Gasteiger partial charge in [0.05, 0.1) is 34.0 Å². The molecule has 0 heterocycles. The third-order valence-corrected chi connectivity index (χ3v) is 3.39. The Morgan fingerprint density at radius 2 is 1.56 bits per heavy atom. The normalized spacial score (nSPS) is 11.4. The van der Waals surface area contributed by atoms with Crippen molar-refractivity contribution in [1.29, 1.82) is 0 Å². The summed E-state index contributed by atoms with van der Waals surface area (Å²) in [5.41, 5.74) is 0. The molecule has 27 heavy (non-hydrogen) atoms. The molecule has 0 aromatic heterocycles. The fraction of sp³-hybridized carbons (Fsp3) is 0.526.